The van der Waals surface area contributed by atoms with Gasteiger partial charge in [-0.05, 0) is 42.0 Å². The van der Waals surface area contributed by atoms with Crippen LogP contribution in [0.25, 0.3) is 6.08 Å². The molecule has 0 saturated carbocycles. The zero-order valence-electron chi connectivity index (χ0n) is 11.5. The second-order valence-electron chi connectivity index (χ2n) is 4.57. The molecular weight excluding hydrogens is 350 g/mol. The van der Waals surface area contributed by atoms with Crippen molar-refractivity contribution in [2.24, 2.45) is 0 Å². The van der Waals surface area contributed by atoms with Gasteiger partial charge in [-0.25, -0.2) is 0 Å². The topological polar surface area (TPSA) is 29.1 Å². The summed E-state index contributed by atoms with van der Waals surface area (Å²) >= 11 is 11.5. The van der Waals surface area contributed by atoms with E-state index in [0.29, 0.717) is 5.02 Å². The lowest BCUT2D eigenvalue weighted by molar-refractivity contribution is -0.137. The number of benzene rings is 2. The molecule has 2 aromatic rings. The monoisotopic (exact) mass is 359 g/mol. The summed E-state index contributed by atoms with van der Waals surface area (Å²) in [7, 11) is 0. The molecule has 0 aliphatic heterocycles. The largest absolute Gasteiger partial charge is 0.416 e. The van der Waals surface area contributed by atoms with Crippen LogP contribution in [0, 0.1) is 0 Å². The predicted molar refractivity (Wildman–Crippen MR) is 85.6 cm³/mol. The third-order valence-corrected chi connectivity index (χ3v) is 3.43. The maximum atomic E-state index is 12.7. The van der Waals surface area contributed by atoms with E-state index >= 15 is 0 Å². The van der Waals surface area contributed by atoms with E-state index in [4.69, 9.17) is 23.2 Å². The number of alkyl halides is 3. The maximum Gasteiger partial charge on any atom is 0.416 e. The first-order valence-corrected chi connectivity index (χ1v) is 7.13. The lowest BCUT2D eigenvalue weighted by atomic mass is 10.2. The minimum absolute atomic E-state index is 0.0197. The van der Waals surface area contributed by atoms with E-state index in [-0.39, 0.29) is 10.7 Å². The number of hydrogen-bond acceptors (Lipinski definition) is 1. The molecule has 120 valence electrons. The Hall–Kier alpha value is -1.98. The third-order valence-electron chi connectivity index (χ3n) is 2.85. The molecule has 0 spiro atoms. The van der Waals surface area contributed by atoms with E-state index < -0.39 is 17.6 Å². The molecule has 0 saturated heterocycles. The number of rotatable bonds is 3. The summed E-state index contributed by atoms with van der Waals surface area (Å²) < 4.78 is 38.0. The summed E-state index contributed by atoms with van der Waals surface area (Å²) in [5.41, 5.74) is -0.272. The van der Waals surface area contributed by atoms with Gasteiger partial charge in [-0.3, -0.25) is 4.79 Å². The van der Waals surface area contributed by atoms with Crippen molar-refractivity contribution >= 4 is 40.9 Å². The Labute approximate surface area is 140 Å². The second-order valence-corrected chi connectivity index (χ2v) is 5.41. The van der Waals surface area contributed by atoms with Crippen LogP contribution in [0.1, 0.15) is 11.1 Å². The Morgan fingerprint density at radius 2 is 1.70 bits per heavy atom. The van der Waals surface area contributed by atoms with Crippen molar-refractivity contribution in [3.05, 3.63) is 69.7 Å². The van der Waals surface area contributed by atoms with Gasteiger partial charge in [0.1, 0.15) is 0 Å². The van der Waals surface area contributed by atoms with Crippen LogP contribution in [0.4, 0.5) is 18.9 Å². The molecule has 23 heavy (non-hydrogen) atoms. The van der Waals surface area contributed by atoms with Crippen LogP contribution >= 0.6 is 23.2 Å². The van der Waals surface area contributed by atoms with Gasteiger partial charge in [0, 0.05) is 11.1 Å². The molecule has 0 fully saturated rings. The van der Waals surface area contributed by atoms with Crippen LogP contribution in [-0.2, 0) is 11.0 Å². The van der Waals surface area contributed by atoms with Gasteiger partial charge in [-0.15, -0.1) is 0 Å². The van der Waals surface area contributed by atoms with Crippen molar-refractivity contribution in [1.82, 2.24) is 0 Å². The first kappa shape index (κ1) is 17.4. The first-order valence-electron chi connectivity index (χ1n) is 6.37. The highest BCUT2D eigenvalue weighted by molar-refractivity contribution is 6.33. The number of carbonyl (C=O) groups is 1. The van der Waals surface area contributed by atoms with Crippen molar-refractivity contribution in [2.75, 3.05) is 5.32 Å². The van der Waals surface area contributed by atoms with Crippen LogP contribution in [-0.4, -0.2) is 5.91 Å². The Balaban J connectivity index is 2.12. The van der Waals surface area contributed by atoms with Gasteiger partial charge in [-0.1, -0.05) is 35.3 Å². The Morgan fingerprint density at radius 3 is 2.30 bits per heavy atom. The van der Waals surface area contributed by atoms with Crippen molar-refractivity contribution in [1.29, 1.82) is 0 Å². The van der Waals surface area contributed by atoms with E-state index in [9.17, 15) is 18.0 Å². The van der Waals surface area contributed by atoms with Gasteiger partial charge in [0.05, 0.1) is 16.3 Å². The molecule has 1 amide bonds. The summed E-state index contributed by atoms with van der Waals surface area (Å²) in [5.74, 6) is -0.596. The first-order chi connectivity index (χ1) is 10.8. The Bertz CT molecular complexity index is 740. The highest BCUT2D eigenvalue weighted by Crippen LogP contribution is 2.33. The van der Waals surface area contributed by atoms with Gasteiger partial charge in [-0.2, -0.15) is 13.2 Å². The number of anilines is 1. The molecule has 0 aliphatic carbocycles. The number of nitrogens with one attached hydrogen (secondary N) is 1. The fourth-order valence-corrected chi connectivity index (χ4v) is 2.01. The van der Waals surface area contributed by atoms with Crippen LogP contribution in [0.3, 0.4) is 0 Å². The lowest BCUT2D eigenvalue weighted by Crippen LogP contribution is -2.11. The smallest absolute Gasteiger partial charge is 0.321 e. The van der Waals surface area contributed by atoms with Crippen LogP contribution in [0.5, 0.6) is 0 Å². The Morgan fingerprint density at radius 1 is 1.04 bits per heavy atom. The molecule has 7 heteroatoms. The van der Waals surface area contributed by atoms with E-state index in [1.165, 1.54) is 12.2 Å². The molecular formula is C16H10Cl2F3NO. The van der Waals surface area contributed by atoms with Crippen LogP contribution in [0.2, 0.25) is 10.0 Å². The van der Waals surface area contributed by atoms with Crippen LogP contribution in [0.15, 0.2) is 48.5 Å². The summed E-state index contributed by atoms with van der Waals surface area (Å²) in [6, 6.07) is 9.43. The molecule has 2 rings (SSSR count). The van der Waals surface area contributed by atoms with E-state index in [1.807, 2.05) is 0 Å². The van der Waals surface area contributed by atoms with Gasteiger partial charge in [0.15, 0.2) is 0 Å². The fraction of sp³-hybridized carbons (Fsp3) is 0.0625. The Kier molecular flexibility index (Phi) is 5.34. The van der Waals surface area contributed by atoms with Crippen LogP contribution < -0.4 is 5.32 Å². The molecule has 1 N–H and O–H groups in total. The number of carbonyl (C=O) groups excluding carboxylic acids is 1. The van der Waals surface area contributed by atoms with Gasteiger partial charge >= 0.3 is 6.18 Å². The number of hydrogen-bond donors (Lipinski definition) is 1. The minimum atomic E-state index is -4.51. The number of halogens is 5. The normalized spacial score (nSPS) is 11.7. The molecule has 0 heterocycles. The summed E-state index contributed by atoms with van der Waals surface area (Å²) in [4.78, 5) is 11.8. The molecule has 0 atom stereocenters. The highest BCUT2D eigenvalue weighted by Gasteiger charge is 2.31. The summed E-state index contributed by atoms with van der Waals surface area (Å²) in [5, 5.41) is 2.90. The molecule has 0 unspecified atom stereocenters. The van der Waals surface area contributed by atoms with Gasteiger partial charge in [0.25, 0.3) is 0 Å². The second kappa shape index (κ2) is 7.06. The molecule has 0 aliphatic rings. The van der Waals surface area contributed by atoms with Gasteiger partial charge in [0.2, 0.25) is 5.91 Å². The van der Waals surface area contributed by atoms with Crippen molar-refractivity contribution in [3.8, 4) is 0 Å². The average molecular weight is 360 g/mol. The minimum Gasteiger partial charge on any atom is -0.321 e. The maximum absolute atomic E-state index is 12.7. The molecule has 0 aromatic heterocycles. The van der Waals surface area contributed by atoms with E-state index in [2.05, 4.69) is 5.32 Å². The standard InChI is InChI=1S/C16H10Cl2F3NO/c17-12-5-1-10(2-6-12)3-8-15(23)22-14-9-11(16(19,20)21)4-7-13(14)18/h1-9H,(H,22,23)/b8-3+. The SMILES string of the molecule is O=C(/C=C/c1ccc(Cl)cc1)Nc1cc(C(F)(F)F)ccc1Cl. The molecule has 2 nitrogen and oxygen atoms in total. The molecule has 0 bridgehead atoms. The summed E-state index contributed by atoms with van der Waals surface area (Å²) in [6.45, 7) is 0. The third kappa shape index (κ3) is 5.01. The zero-order valence-corrected chi connectivity index (χ0v) is 13.0. The predicted octanol–water partition coefficient (Wildman–Crippen LogP) is 5.66. The van der Waals surface area contributed by atoms with E-state index in [0.717, 1.165) is 23.8 Å². The zero-order chi connectivity index (χ0) is 17.0. The fourth-order valence-electron chi connectivity index (χ4n) is 1.72. The molecule has 2 aromatic carbocycles. The number of amides is 1. The summed E-state index contributed by atoms with van der Waals surface area (Å²) in [6.07, 6.45) is -1.81. The molecule has 0 radical (unpaired) electrons. The van der Waals surface area contributed by atoms with Crippen molar-refractivity contribution < 1.29 is 18.0 Å². The lowest BCUT2D eigenvalue weighted by Gasteiger charge is -2.10. The average Bonchev–Trinajstić information content (AvgIpc) is 2.48. The van der Waals surface area contributed by atoms with Crippen molar-refractivity contribution in [2.45, 2.75) is 6.18 Å². The van der Waals surface area contributed by atoms with Gasteiger partial charge < -0.3 is 5.32 Å². The van der Waals surface area contributed by atoms with E-state index in [1.54, 1.807) is 24.3 Å². The highest BCUT2D eigenvalue weighted by atomic mass is 35.5. The quantitative estimate of drug-likeness (QED) is 0.703. The van der Waals surface area contributed by atoms with Crippen molar-refractivity contribution in [3.63, 3.8) is 0 Å².